The van der Waals surface area contributed by atoms with E-state index < -0.39 is 0 Å². The zero-order valence-electron chi connectivity index (χ0n) is 11.8. The van der Waals surface area contributed by atoms with Crippen LogP contribution in [0, 0.1) is 6.92 Å². The molecule has 0 bridgehead atoms. The first-order chi connectivity index (χ1) is 10.6. The third-order valence-corrected chi connectivity index (χ3v) is 4.32. The first kappa shape index (κ1) is 14.8. The van der Waals surface area contributed by atoms with Gasteiger partial charge < -0.3 is 5.32 Å². The molecule has 0 atom stereocenters. The molecule has 1 amide bonds. The van der Waals surface area contributed by atoms with Gasteiger partial charge in [-0.2, -0.15) is 0 Å². The maximum absolute atomic E-state index is 12.3. The van der Waals surface area contributed by atoms with Crippen molar-refractivity contribution in [2.75, 3.05) is 5.32 Å². The number of carbonyl (C=O) groups is 1. The van der Waals surface area contributed by atoms with Gasteiger partial charge in [-0.15, -0.1) is 11.3 Å². The fraction of sp³-hybridized carbons (Fsp3) is 0.0588. The second kappa shape index (κ2) is 6.30. The van der Waals surface area contributed by atoms with Crippen molar-refractivity contribution in [3.05, 3.63) is 70.2 Å². The quantitative estimate of drug-likeness (QED) is 0.733. The number of nitrogens with one attached hydrogen (secondary N) is 1. The van der Waals surface area contributed by atoms with Gasteiger partial charge in [-0.1, -0.05) is 41.9 Å². The second-order valence-corrected chi connectivity index (χ2v) is 6.11. The molecule has 3 rings (SSSR count). The van der Waals surface area contributed by atoms with Gasteiger partial charge in [0.05, 0.1) is 0 Å². The van der Waals surface area contributed by atoms with Crippen LogP contribution in [-0.4, -0.2) is 10.9 Å². The molecular weight excluding hydrogens is 316 g/mol. The minimum atomic E-state index is -0.219. The number of aromatic nitrogens is 1. The van der Waals surface area contributed by atoms with Crippen LogP contribution in [0.2, 0.25) is 5.02 Å². The van der Waals surface area contributed by atoms with E-state index in [1.165, 1.54) is 11.3 Å². The largest absolute Gasteiger partial charge is 0.320 e. The highest BCUT2D eigenvalue weighted by Crippen LogP contribution is 2.24. The van der Waals surface area contributed by atoms with Crippen LogP contribution in [0.25, 0.3) is 10.6 Å². The summed E-state index contributed by atoms with van der Waals surface area (Å²) in [5, 5.41) is 6.11. The molecule has 0 saturated heterocycles. The lowest BCUT2D eigenvalue weighted by atomic mass is 10.2. The van der Waals surface area contributed by atoms with E-state index in [1.54, 1.807) is 17.5 Å². The smallest absolute Gasteiger partial charge is 0.275 e. The van der Waals surface area contributed by atoms with Crippen LogP contribution in [0.1, 0.15) is 16.1 Å². The van der Waals surface area contributed by atoms with Crippen LogP contribution in [0.4, 0.5) is 5.69 Å². The molecule has 110 valence electrons. The summed E-state index contributed by atoms with van der Waals surface area (Å²) in [6, 6.07) is 15.2. The number of anilines is 1. The number of halogens is 1. The molecular formula is C17H13ClN2OS. The number of hydrogen-bond donors (Lipinski definition) is 1. The Hall–Kier alpha value is -2.17. The molecule has 3 aromatic rings. The Kier molecular flexibility index (Phi) is 4.22. The van der Waals surface area contributed by atoms with Gasteiger partial charge >= 0.3 is 0 Å². The number of aryl methyl sites for hydroxylation is 1. The Bertz CT molecular complexity index is 815. The first-order valence-corrected chi connectivity index (χ1v) is 7.98. The summed E-state index contributed by atoms with van der Waals surface area (Å²) < 4.78 is 0. The van der Waals surface area contributed by atoms with Gasteiger partial charge in [-0.05, 0) is 30.7 Å². The first-order valence-electron chi connectivity index (χ1n) is 6.72. The number of carbonyl (C=O) groups excluding carboxylic acids is 1. The van der Waals surface area contributed by atoms with E-state index >= 15 is 0 Å². The minimum Gasteiger partial charge on any atom is -0.320 e. The predicted octanol–water partition coefficient (Wildman–Crippen LogP) is 5.02. The van der Waals surface area contributed by atoms with Crippen molar-refractivity contribution in [2.45, 2.75) is 6.92 Å². The van der Waals surface area contributed by atoms with Gasteiger partial charge in [0.1, 0.15) is 10.7 Å². The van der Waals surface area contributed by atoms with Gasteiger partial charge in [0.25, 0.3) is 5.91 Å². The maximum Gasteiger partial charge on any atom is 0.275 e. The number of thiazole rings is 1. The van der Waals surface area contributed by atoms with Crippen LogP contribution in [0.3, 0.4) is 0 Å². The topological polar surface area (TPSA) is 42.0 Å². The molecule has 5 heteroatoms. The molecule has 0 spiro atoms. The van der Waals surface area contributed by atoms with Crippen molar-refractivity contribution in [2.24, 2.45) is 0 Å². The zero-order chi connectivity index (χ0) is 15.5. The van der Waals surface area contributed by atoms with E-state index in [9.17, 15) is 4.79 Å². The summed E-state index contributed by atoms with van der Waals surface area (Å²) in [6.07, 6.45) is 0. The van der Waals surface area contributed by atoms with E-state index in [1.807, 2.05) is 43.3 Å². The second-order valence-electron chi connectivity index (χ2n) is 4.82. The monoisotopic (exact) mass is 328 g/mol. The van der Waals surface area contributed by atoms with Crippen LogP contribution in [-0.2, 0) is 0 Å². The average molecular weight is 329 g/mol. The molecule has 1 aromatic heterocycles. The van der Waals surface area contributed by atoms with Crippen molar-refractivity contribution in [3.8, 4) is 10.6 Å². The highest BCUT2D eigenvalue weighted by atomic mass is 35.5. The molecule has 0 aliphatic heterocycles. The Morgan fingerprint density at radius 2 is 1.95 bits per heavy atom. The van der Waals surface area contributed by atoms with Crippen molar-refractivity contribution >= 4 is 34.5 Å². The molecule has 0 unspecified atom stereocenters. The van der Waals surface area contributed by atoms with Gasteiger partial charge in [0.15, 0.2) is 0 Å². The summed E-state index contributed by atoms with van der Waals surface area (Å²) >= 11 is 7.37. The standard InChI is InChI=1S/C17H13ClN2OS/c1-11-9-13(18)7-8-14(11)19-16(21)15-10-22-17(20-15)12-5-3-2-4-6-12/h2-10H,1H3,(H,19,21). The third kappa shape index (κ3) is 3.18. The lowest BCUT2D eigenvalue weighted by Gasteiger charge is -2.07. The minimum absolute atomic E-state index is 0.219. The summed E-state index contributed by atoms with van der Waals surface area (Å²) in [7, 11) is 0. The Morgan fingerprint density at radius 1 is 1.18 bits per heavy atom. The SMILES string of the molecule is Cc1cc(Cl)ccc1NC(=O)c1csc(-c2ccccc2)n1. The number of rotatable bonds is 3. The highest BCUT2D eigenvalue weighted by Gasteiger charge is 2.13. The van der Waals surface area contributed by atoms with E-state index in [0.29, 0.717) is 10.7 Å². The molecule has 0 radical (unpaired) electrons. The van der Waals surface area contributed by atoms with Crippen molar-refractivity contribution in [1.29, 1.82) is 0 Å². The fourth-order valence-electron chi connectivity index (χ4n) is 2.05. The van der Waals surface area contributed by atoms with Gasteiger partial charge in [-0.25, -0.2) is 4.98 Å². The fourth-order valence-corrected chi connectivity index (χ4v) is 3.08. The van der Waals surface area contributed by atoms with E-state index in [0.717, 1.165) is 21.8 Å². The molecule has 2 aromatic carbocycles. The van der Waals surface area contributed by atoms with E-state index in [4.69, 9.17) is 11.6 Å². The summed E-state index contributed by atoms with van der Waals surface area (Å²) in [4.78, 5) is 16.7. The van der Waals surface area contributed by atoms with Crippen LogP contribution in [0.5, 0.6) is 0 Å². The van der Waals surface area contributed by atoms with Gasteiger partial charge in [-0.3, -0.25) is 4.79 Å². The zero-order valence-corrected chi connectivity index (χ0v) is 13.4. The van der Waals surface area contributed by atoms with Gasteiger partial charge in [0.2, 0.25) is 0 Å². The van der Waals surface area contributed by atoms with Crippen molar-refractivity contribution < 1.29 is 4.79 Å². The molecule has 0 saturated carbocycles. The Morgan fingerprint density at radius 3 is 2.68 bits per heavy atom. The predicted molar refractivity (Wildman–Crippen MR) is 91.7 cm³/mol. The van der Waals surface area contributed by atoms with Gasteiger partial charge in [0, 0.05) is 21.7 Å². The van der Waals surface area contributed by atoms with Crippen LogP contribution >= 0.6 is 22.9 Å². The number of hydrogen-bond acceptors (Lipinski definition) is 3. The lowest BCUT2D eigenvalue weighted by molar-refractivity contribution is 0.102. The molecule has 3 nitrogen and oxygen atoms in total. The molecule has 0 fully saturated rings. The summed E-state index contributed by atoms with van der Waals surface area (Å²) in [6.45, 7) is 1.90. The third-order valence-electron chi connectivity index (χ3n) is 3.19. The Labute approximate surface area is 137 Å². The van der Waals surface area contributed by atoms with E-state index in [-0.39, 0.29) is 5.91 Å². The summed E-state index contributed by atoms with van der Waals surface area (Å²) in [5.74, 6) is -0.219. The van der Waals surface area contributed by atoms with Crippen molar-refractivity contribution in [1.82, 2.24) is 4.98 Å². The average Bonchev–Trinajstić information content (AvgIpc) is 3.01. The Balaban J connectivity index is 1.80. The number of amides is 1. The molecule has 0 aliphatic carbocycles. The normalized spacial score (nSPS) is 10.5. The molecule has 1 heterocycles. The van der Waals surface area contributed by atoms with E-state index in [2.05, 4.69) is 10.3 Å². The van der Waals surface area contributed by atoms with Crippen LogP contribution in [0.15, 0.2) is 53.9 Å². The summed E-state index contributed by atoms with van der Waals surface area (Å²) in [5.41, 5.74) is 3.08. The molecule has 1 N–H and O–H groups in total. The van der Waals surface area contributed by atoms with Crippen LogP contribution < -0.4 is 5.32 Å². The number of benzene rings is 2. The lowest BCUT2D eigenvalue weighted by Crippen LogP contribution is -2.13. The molecule has 22 heavy (non-hydrogen) atoms. The highest BCUT2D eigenvalue weighted by molar-refractivity contribution is 7.13. The number of nitrogens with zero attached hydrogens (tertiary/aromatic N) is 1. The molecule has 0 aliphatic rings. The van der Waals surface area contributed by atoms with Crippen molar-refractivity contribution in [3.63, 3.8) is 0 Å². The maximum atomic E-state index is 12.3.